The zero-order valence-corrected chi connectivity index (χ0v) is 22.1. The minimum atomic E-state index is -0.665. The van der Waals surface area contributed by atoms with E-state index in [0.29, 0.717) is 31.2 Å². The molecule has 0 aliphatic rings. The molecule has 2 amide bonds. The first-order valence-electron chi connectivity index (χ1n) is 12.6. The molecule has 1 unspecified atom stereocenters. The van der Waals surface area contributed by atoms with Crippen molar-refractivity contribution in [1.82, 2.24) is 10.2 Å². The molecule has 5 nitrogen and oxygen atoms in total. The van der Waals surface area contributed by atoms with Gasteiger partial charge in [-0.3, -0.25) is 9.59 Å². The van der Waals surface area contributed by atoms with Gasteiger partial charge in [-0.2, -0.15) is 0 Å². The lowest BCUT2D eigenvalue weighted by Gasteiger charge is -2.32. The Hall–Kier alpha value is -3.60. The van der Waals surface area contributed by atoms with Crippen LogP contribution in [0.25, 0.3) is 0 Å². The molecule has 0 aliphatic heterocycles. The van der Waals surface area contributed by atoms with E-state index in [0.717, 1.165) is 27.8 Å². The highest BCUT2D eigenvalue weighted by molar-refractivity contribution is 5.88. The van der Waals surface area contributed by atoms with Gasteiger partial charge in [0.2, 0.25) is 5.91 Å². The molecular formula is C31H38N2O3. The van der Waals surface area contributed by atoms with Crippen molar-refractivity contribution in [2.24, 2.45) is 5.92 Å². The fraction of sp³-hybridized carbons (Fsp3) is 0.355. The van der Waals surface area contributed by atoms with E-state index in [1.807, 2.05) is 87.5 Å². The van der Waals surface area contributed by atoms with Crippen LogP contribution in [0.3, 0.4) is 0 Å². The van der Waals surface area contributed by atoms with Gasteiger partial charge in [-0.15, -0.1) is 0 Å². The molecule has 0 heterocycles. The average molecular weight is 487 g/mol. The van der Waals surface area contributed by atoms with Crippen LogP contribution in [0.15, 0.2) is 72.8 Å². The van der Waals surface area contributed by atoms with Crippen LogP contribution in [0.5, 0.6) is 5.75 Å². The van der Waals surface area contributed by atoms with E-state index in [4.69, 9.17) is 4.74 Å². The van der Waals surface area contributed by atoms with Gasteiger partial charge in [0.05, 0.1) is 0 Å². The Morgan fingerprint density at radius 3 is 2.22 bits per heavy atom. The number of rotatable bonds is 11. The summed E-state index contributed by atoms with van der Waals surface area (Å²) >= 11 is 0. The van der Waals surface area contributed by atoms with Gasteiger partial charge in [0.25, 0.3) is 5.91 Å². The first kappa shape index (κ1) is 27.0. The lowest BCUT2D eigenvalue weighted by Crippen LogP contribution is -2.52. The van der Waals surface area contributed by atoms with Crippen LogP contribution in [0, 0.1) is 26.7 Å². The van der Waals surface area contributed by atoms with Gasteiger partial charge in [0.1, 0.15) is 11.8 Å². The molecule has 0 bridgehead atoms. The fourth-order valence-electron chi connectivity index (χ4n) is 4.17. The molecule has 0 saturated carbocycles. The molecule has 3 aromatic carbocycles. The van der Waals surface area contributed by atoms with Crippen LogP contribution in [0.1, 0.15) is 41.7 Å². The zero-order valence-electron chi connectivity index (χ0n) is 22.1. The van der Waals surface area contributed by atoms with Crippen LogP contribution < -0.4 is 10.1 Å². The second-order valence-electron chi connectivity index (χ2n) is 9.91. The Morgan fingerprint density at radius 2 is 1.56 bits per heavy atom. The van der Waals surface area contributed by atoms with E-state index in [-0.39, 0.29) is 18.4 Å². The Labute approximate surface area is 215 Å². The largest absolute Gasteiger partial charge is 0.483 e. The predicted molar refractivity (Wildman–Crippen MR) is 145 cm³/mol. The summed E-state index contributed by atoms with van der Waals surface area (Å²) in [6.45, 7) is 10.9. The first-order valence-corrected chi connectivity index (χ1v) is 12.6. The molecule has 0 saturated heterocycles. The van der Waals surface area contributed by atoms with E-state index in [9.17, 15) is 9.59 Å². The second-order valence-corrected chi connectivity index (χ2v) is 9.91. The lowest BCUT2D eigenvalue weighted by atomic mass is 10.0. The summed E-state index contributed by atoms with van der Waals surface area (Å²) in [7, 11) is 0. The second kappa shape index (κ2) is 12.9. The van der Waals surface area contributed by atoms with E-state index < -0.39 is 6.04 Å². The maximum Gasteiger partial charge on any atom is 0.261 e. The van der Waals surface area contributed by atoms with Crippen LogP contribution in [-0.4, -0.2) is 35.9 Å². The van der Waals surface area contributed by atoms with Gasteiger partial charge in [0.15, 0.2) is 6.61 Å². The standard InChI is InChI=1S/C31H38N2O3/c1-22(2)19-32-31(35)28(18-26-11-7-6-8-12-26)33(20-27-13-9-10-23(3)17-27)30(34)21-36-29-15-14-24(4)16-25(29)5/h6-17,22,28H,18-21H2,1-5H3,(H,32,35). The summed E-state index contributed by atoms with van der Waals surface area (Å²) in [5.74, 6) is 0.602. The number of benzene rings is 3. The van der Waals surface area contributed by atoms with Crippen molar-refractivity contribution >= 4 is 11.8 Å². The van der Waals surface area contributed by atoms with Crippen molar-refractivity contribution in [1.29, 1.82) is 0 Å². The third-order valence-corrected chi connectivity index (χ3v) is 6.07. The van der Waals surface area contributed by atoms with Crippen molar-refractivity contribution in [2.45, 2.75) is 53.6 Å². The topological polar surface area (TPSA) is 58.6 Å². The number of nitrogens with one attached hydrogen (secondary N) is 1. The summed E-state index contributed by atoms with van der Waals surface area (Å²) in [5, 5.41) is 3.05. The molecule has 0 aliphatic carbocycles. The molecule has 5 heteroatoms. The van der Waals surface area contributed by atoms with Crippen molar-refractivity contribution in [3.8, 4) is 5.75 Å². The third kappa shape index (κ3) is 7.98. The van der Waals surface area contributed by atoms with Crippen molar-refractivity contribution in [3.05, 3.63) is 101 Å². The van der Waals surface area contributed by atoms with E-state index in [1.54, 1.807) is 4.90 Å². The van der Waals surface area contributed by atoms with Crippen LogP contribution in [0.2, 0.25) is 0 Å². The minimum absolute atomic E-state index is 0.140. The van der Waals surface area contributed by atoms with Gasteiger partial charge in [0, 0.05) is 19.5 Å². The van der Waals surface area contributed by atoms with E-state index in [2.05, 4.69) is 25.2 Å². The molecule has 1 atom stereocenters. The molecule has 0 radical (unpaired) electrons. The van der Waals surface area contributed by atoms with Crippen LogP contribution >= 0.6 is 0 Å². The van der Waals surface area contributed by atoms with Gasteiger partial charge in [-0.05, 0) is 49.4 Å². The number of hydrogen-bond donors (Lipinski definition) is 1. The summed E-state index contributed by atoms with van der Waals surface area (Å²) in [5.41, 5.74) is 5.19. The molecule has 0 aromatic heterocycles. The van der Waals surface area contributed by atoms with Gasteiger partial charge >= 0.3 is 0 Å². The van der Waals surface area contributed by atoms with E-state index >= 15 is 0 Å². The lowest BCUT2D eigenvalue weighted by molar-refractivity contribution is -0.142. The number of ether oxygens (including phenoxy) is 1. The van der Waals surface area contributed by atoms with Gasteiger partial charge in [-0.1, -0.05) is 91.7 Å². The van der Waals surface area contributed by atoms with Crippen LogP contribution in [0.4, 0.5) is 0 Å². The number of aryl methyl sites for hydroxylation is 3. The maximum absolute atomic E-state index is 13.7. The minimum Gasteiger partial charge on any atom is -0.483 e. The SMILES string of the molecule is Cc1cccc(CN(C(=O)COc2ccc(C)cc2C)C(Cc2ccccc2)C(=O)NCC(C)C)c1. The molecule has 190 valence electrons. The zero-order chi connectivity index (χ0) is 26.1. The van der Waals surface area contributed by atoms with E-state index in [1.165, 1.54) is 0 Å². The fourth-order valence-corrected chi connectivity index (χ4v) is 4.17. The molecule has 3 aromatic rings. The van der Waals surface area contributed by atoms with Gasteiger partial charge < -0.3 is 15.0 Å². The molecule has 0 fully saturated rings. The molecule has 1 N–H and O–H groups in total. The van der Waals surface area contributed by atoms with Crippen molar-refractivity contribution in [2.75, 3.05) is 13.2 Å². The maximum atomic E-state index is 13.7. The van der Waals surface area contributed by atoms with Gasteiger partial charge in [-0.25, -0.2) is 0 Å². The van der Waals surface area contributed by atoms with Crippen molar-refractivity contribution in [3.63, 3.8) is 0 Å². The predicted octanol–water partition coefficient (Wildman–Crippen LogP) is 5.40. The molecule has 0 spiro atoms. The number of carbonyl (C=O) groups is 2. The average Bonchev–Trinajstić information content (AvgIpc) is 2.84. The summed E-state index contributed by atoms with van der Waals surface area (Å²) in [6.07, 6.45) is 0.423. The Balaban J connectivity index is 1.91. The molecule has 3 rings (SSSR count). The number of amides is 2. The number of carbonyl (C=O) groups excluding carboxylic acids is 2. The summed E-state index contributed by atoms with van der Waals surface area (Å²) < 4.78 is 5.95. The Bertz CT molecular complexity index is 1160. The number of hydrogen-bond acceptors (Lipinski definition) is 3. The molecule has 36 heavy (non-hydrogen) atoms. The highest BCUT2D eigenvalue weighted by Gasteiger charge is 2.30. The smallest absolute Gasteiger partial charge is 0.261 e. The first-order chi connectivity index (χ1) is 17.2. The van der Waals surface area contributed by atoms with Crippen LogP contribution in [-0.2, 0) is 22.6 Å². The molecular weight excluding hydrogens is 448 g/mol. The summed E-state index contributed by atoms with van der Waals surface area (Å²) in [6, 6.07) is 23.1. The highest BCUT2D eigenvalue weighted by atomic mass is 16.5. The summed E-state index contributed by atoms with van der Waals surface area (Å²) in [4.78, 5) is 28.8. The Kier molecular flexibility index (Phi) is 9.69. The highest BCUT2D eigenvalue weighted by Crippen LogP contribution is 2.20. The number of nitrogens with zero attached hydrogens (tertiary/aromatic N) is 1. The normalized spacial score (nSPS) is 11.7. The quantitative estimate of drug-likeness (QED) is 0.395. The third-order valence-electron chi connectivity index (χ3n) is 6.07. The monoisotopic (exact) mass is 486 g/mol. The van der Waals surface area contributed by atoms with Crippen molar-refractivity contribution < 1.29 is 14.3 Å². The Morgan fingerprint density at radius 1 is 0.861 bits per heavy atom.